The SMILES string of the molecule is COc1ccccc1C1(CNC(=O)c2ccc(OC)c(S(=O)(=O)N3CCCC3)c2)CCCC1. The van der Waals surface area contributed by atoms with E-state index in [-0.39, 0.29) is 22.0 Å². The highest BCUT2D eigenvalue weighted by Gasteiger charge is 2.38. The zero-order valence-corrected chi connectivity index (χ0v) is 20.1. The van der Waals surface area contributed by atoms with E-state index in [2.05, 4.69) is 11.4 Å². The first-order chi connectivity index (χ1) is 15.9. The maximum absolute atomic E-state index is 13.2. The van der Waals surface area contributed by atoms with E-state index < -0.39 is 10.0 Å². The van der Waals surface area contributed by atoms with Crippen LogP contribution in [0.15, 0.2) is 47.4 Å². The van der Waals surface area contributed by atoms with Gasteiger partial charge in [0, 0.05) is 36.2 Å². The van der Waals surface area contributed by atoms with E-state index in [1.54, 1.807) is 19.2 Å². The fourth-order valence-corrected chi connectivity index (χ4v) is 6.81. The molecule has 8 heteroatoms. The minimum Gasteiger partial charge on any atom is -0.496 e. The number of carbonyl (C=O) groups is 1. The number of hydrogen-bond acceptors (Lipinski definition) is 5. The number of carbonyl (C=O) groups excluding carboxylic acids is 1. The van der Waals surface area contributed by atoms with Gasteiger partial charge in [0.1, 0.15) is 16.4 Å². The molecule has 0 radical (unpaired) electrons. The minimum absolute atomic E-state index is 0.0415. The summed E-state index contributed by atoms with van der Waals surface area (Å²) in [6, 6.07) is 12.6. The number of nitrogens with one attached hydrogen (secondary N) is 1. The summed E-state index contributed by atoms with van der Waals surface area (Å²) in [6.45, 7) is 1.44. The van der Waals surface area contributed by atoms with Crippen molar-refractivity contribution in [2.75, 3.05) is 33.9 Å². The van der Waals surface area contributed by atoms with Gasteiger partial charge in [-0.05, 0) is 49.9 Å². The normalized spacial score (nSPS) is 18.2. The van der Waals surface area contributed by atoms with Gasteiger partial charge in [-0.3, -0.25) is 4.79 Å². The Morgan fingerprint density at radius 3 is 2.30 bits per heavy atom. The quantitative estimate of drug-likeness (QED) is 0.633. The Kier molecular flexibility index (Phi) is 6.95. The summed E-state index contributed by atoms with van der Waals surface area (Å²) < 4.78 is 38.7. The maximum atomic E-state index is 13.2. The van der Waals surface area contributed by atoms with Crippen molar-refractivity contribution < 1.29 is 22.7 Å². The molecule has 1 N–H and O–H groups in total. The maximum Gasteiger partial charge on any atom is 0.251 e. The van der Waals surface area contributed by atoms with Gasteiger partial charge in [0.15, 0.2) is 0 Å². The number of para-hydroxylation sites is 1. The van der Waals surface area contributed by atoms with Gasteiger partial charge in [0.25, 0.3) is 5.91 Å². The Morgan fingerprint density at radius 1 is 0.970 bits per heavy atom. The van der Waals surface area contributed by atoms with E-state index >= 15 is 0 Å². The number of sulfonamides is 1. The van der Waals surface area contributed by atoms with Crippen LogP contribution in [0.25, 0.3) is 0 Å². The second-order valence-electron chi connectivity index (χ2n) is 8.85. The third-order valence-corrected chi connectivity index (χ3v) is 8.85. The zero-order chi connectivity index (χ0) is 23.5. The second-order valence-corrected chi connectivity index (χ2v) is 10.8. The van der Waals surface area contributed by atoms with Crippen LogP contribution in [0.2, 0.25) is 0 Å². The molecule has 33 heavy (non-hydrogen) atoms. The Balaban J connectivity index is 1.58. The average Bonchev–Trinajstić information content (AvgIpc) is 3.55. The van der Waals surface area contributed by atoms with Crippen molar-refractivity contribution in [3.05, 3.63) is 53.6 Å². The molecule has 1 saturated carbocycles. The molecule has 1 saturated heterocycles. The van der Waals surface area contributed by atoms with Crippen molar-refractivity contribution in [2.24, 2.45) is 0 Å². The predicted octanol–water partition coefficient (Wildman–Crippen LogP) is 3.73. The summed E-state index contributed by atoms with van der Waals surface area (Å²) in [5.41, 5.74) is 1.22. The van der Waals surface area contributed by atoms with Crippen molar-refractivity contribution in [1.29, 1.82) is 0 Å². The summed E-state index contributed by atoms with van der Waals surface area (Å²) in [5.74, 6) is 0.786. The number of ether oxygens (including phenoxy) is 2. The standard InChI is InChI=1S/C25H32N2O5S/c1-31-21-10-4-3-9-20(21)25(13-5-6-14-25)18-26-24(28)19-11-12-22(32-2)23(17-19)33(29,30)27-15-7-8-16-27/h3-4,9-12,17H,5-8,13-16,18H2,1-2H3,(H,26,28). The molecule has 0 unspecified atom stereocenters. The van der Waals surface area contributed by atoms with Crippen LogP contribution in [0.5, 0.6) is 11.5 Å². The molecule has 0 bridgehead atoms. The molecule has 2 fully saturated rings. The van der Waals surface area contributed by atoms with Gasteiger partial charge >= 0.3 is 0 Å². The second kappa shape index (κ2) is 9.73. The average molecular weight is 473 g/mol. The van der Waals surface area contributed by atoms with Crippen LogP contribution in [0, 0.1) is 0 Å². The summed E-state index contributed by atoms with van der Waals surface area (Å²) >= 11 is 0. The van der Waals surface area contributed by atoms with Gasteiger partial charge in [0.05, 0.1) is 14.2 Å². The highest BCUT2D eigenvalue weighted by atomic mass is 32.2. The molecule has 2 aliphatic rings. The van der Waals surface area contributed by atoms with Crippen molar-refractivity contribution in [1.82, 2.24) is 9.62 Å². The van der Waals surface area contributed by atoms with Crippen LogP contribution >= 0.6 is 0 Å². The van der Waals surface area contributed by atoms with Gasteiger partial charge in [0.2, 0.25) is 10.0 Å². The molecule has 7 nitrogen and oxygen atoms in total. The van der Waals surface area contributed by atoms with Crippen LogP contribution in [0.3, 0.4) is 0 Å². The van der Waals surface area contributed by atoms with Crippen molar-refractivity contribution in [2.45, 2.75) is 48.8 Å². The van der Waals surface area contributed by atoms with E-state index in [4.69, 9.17) is 9.47 Å². The number of amides is 1. The van der Waals surface area contributed by atoms with Crippen molar-refractivity contribution in [3.63, 3.8) is 0 Å². The van der Waals surface area contributed by atoms with Gasteiger partial charge in [-0.1, -0.05) is 31.0 Å². The lowest BCUT2D eigenvalue weighted by Gasteiger charge is -2.31. The zero-order valence-electron chi connectivity index (χ0n) is 19.3. The Morgan fingerprint density at radius 2 is 1.64 bits per heavy atom. The molecule has 1 aliphatic carbocycles. The molecule has 2 aromatic carbocycles. The van der Waals surface area contributed by atoms with Crippen LogP contribution < -0.4 is 14.8 Å². The minimum atomic E-state index is -3.72. The van der Waals surface area contributed by atoms with E-state index in [1.807, 2.05) is 18.2 Å². The van der Waals surface area contributed by atoms with E-state index in [0.717, 1.165) is 49.8 Å². The molecule has 0 atom stereocenters. The number of rotatable bonds is 8. The van der Waals surface area contributed by atoms with Gasteiger partial charge in [-0.2, -0.15) is 4.31 Å². The summed E-state index contributed by atoms with van der Waals surface area (Å²) in [7, 11) is -0.614. The lowest BCUT2D eigenvalue weighted by atomic mass is 9.78. The molecule has 4 rings (SSSR count). The summed E-state index contributed by atoms with van der Waals surface area (Å²) in [5, 5.41) is 3.07. The summed E-state index contributed by atoms with van der Waals surface area (Å²) in [6.07, 6.45) is 5.79. The van der Waals surface area contributed by atoms with Crippen LogP contribution in [0.1, 0.15) is 54.4 Å². The van der Waals surface area contributed by atoms with E-state index in [1.165, 1.54) is 17.5 Å². The van der Waals surface area contributed by atoms with Gasteiger partial charge < -0.3 is 14.8 Å². The van der Waals surface area contributed by atoms with Crippen LogP contribution in [0.4, 0.5) is 0 Å². The molecule has 0 aromatic heterocycles. The summed E-state index contributed by atoms with van der Waals surface area (Å²) in [4.78, 5) is 13.2. The molecule has 178 valence electrons. The van der Waals surface area contributed by atoms with Crippen molar-refractivity contribution in [3.8, 4) is 11.5 Å². The Hall–Kier alpha value is -2.58. The lowest BCUT2D eigenvalue weighted by Crippen LogP contribution is -2.39. The molecule has 1 heterocycles. The largest absolute Gasteiger partial charge is 0.496 e. The fraction of sp³-hybridized carbons (Fsp3) is 0.480. The van der Waals surface area contributed by atoms with E-state index in [9.17, 15) is 13.2 Å². The van der Waals surface area contributed by atoms with Crippen LogP contribution in [-0.4, -0.2) is 52.5 Å². The third-order valence-electron chi connectivity index (χ3n) is 6.93. The third kappa shape index (κ3) is 4.59. The first kappa shape index (κ1) is 23.6. The van der Waals surface area contributed by atoms with Gasteiger partial charge in [-0.15, -0.1) is 0 Å². The molecular formula is C25H32N2O5S. The smallest absolute Gasteiger partial charge is 0.251 e. The first-order valence-electron chi connectivity index (χ1n) is 11.5. The molecule has 1 aliphatic heterocycles. The lowest BCUT2D eigenvalue weighted by molar-refractivity contribution is 0.0942. The first-order valence-corrected chi connectivity index (χ1v) is 13.0. The van der Waals surface area contributed by atoms with Crippen molar-refractivity contribution >= 4 is 15.9 Å². The molecule has 2 aromatic rings. The number of nitrogens with zero attached hydrogens (tertiary/aromatic N) is 1. The number of hydrogen-bond donors (Lipinski definition) is 1. The van der Waals surface area contributed by atoms with Crippen LogP contribution in [-0.2, 0) is 15.4 Å². The number of methoxy groups -OCH3 is 2. The molecular weight excluding hydrogens is 440 g/mol. The predicted molar refractivity (Wildman–Crippen MR) is 126 cm³/mol. The fourth-order valence-electron chi connectivity index (χ4n) is 5.11. The Bertz CT molecular complexity index is 1100. The Labute approximate surface area is 196 Å². The molecule has 0 spiro atoms. The number of benzene rings is 2. The highest BCUT2D eigenvalue weighted by Crippen LogP contribution is 2.44. The van der Waals surface area contributed by atoms with E-state index in [0.29, 0.717) is 25.2 Å². The van der Waals surface area contributed by atoms with Gasteiger partial charge in [-0.25, -0.2) is 8.42 Å². The monoisotopic (exact) mass is 472 g/mol. The topological polar surface area (TPSA) is 84.9 Å². The molecule has 1 amide bonds. The highest BCUT2D eigenvalue weighted by molar-refractivity contribution is 7.89.